The Bertz CT molecular complexity index is 692. The number of para-hydroxylation sites is 1. The van der Waals surface area contributed by atoms with Crippen molar-refractivity contribution in [1.29, 1.82) is 0 Å². The summed E-state index contributed by atoms with van der Waals surface area (Å²) in [5.74, 6) is 0.316. The number of urea groups is 1. The Morgan fingerprint density at radius 2 is 1.58 bits per heavy atom. The Morgan fingerprint density at radius 1 is 0.923 bits per heavy atom. The average Bonchev–Trinajstić information content (AvgIpc) is 3.30. The number of nitrogens with zero attached hydrogens (tertiary/aromatic N) is 3. The van der Waals surface area contributed by atoms with Crippen molar-refractivity contribution in [3.05, 3.63) is 30.3 Å². The monoisotopic (exact) mass is 355 g/mol. The summed E-state index contributed by atoms with van der Waals surface area (Å²) in [7, 11) is 0. The number of anilines is 1. The van der Waals surface area contributed by atoms with Crippen molar-refractivity contribution < 1.29 is 14.4 Å². The highest BCUT2D eigenvalue weighted by atomic mass is 16.2. The Kier molecular flexibility index (Phi) is 4.66. The second kappa shape index (κ2) is 7.09. The summed E-state index contributed by atoms with van der Waals surface area (Å²) in [5.41, 5.74) is 0.624. The van der Waals surface area contributed by atoms with Crippen LogP contribution in [-0.4, -0.2) is 53.3 Å². The molecule has 1 aliphatic carbocycles. The third-order valence-corrected chi connectivity index (χ3v) is 5.93. The zero-order valence-corrected chi connectivity index (χ0v) is 15.0. The van der Waals surface area contributed by atoms with Crippen molar-refractivity contribution in [2.45, 2.75) is 44.6 Å². The van der Waals surface area contributed by atoms with Gasteiger partial charge in [0.15, 0.2) is 0 Å². The zero-order chi connectivity index (χ0) is 18.1. The second-order valence-corrected chi connectivity index (χ2v) is 7.51. The molecule has 1 saturated carbocycles. The van der Waals surface area contributed by atoms with Crippen LogP contribution in [0.2, 0.25) is 0 Å². The lowest BCUT2D eigenvalue weighted by Crippen LogP contribution is -2.49. The highest BCUT2D eigenvalue weighted by Crippen LogP contribution is 2.30. The SMILES string of the molecule is O=C(C1CCCC1)N1CCC(N2CC(=O)N(c3ccccc3)C2=O)CC1. The molecule has 4 rings (SSSR count). The molecule has 1 aromatic rings. The molecule has 0 aromatic heterocycles. The van der Waals surface area contributed by atoms with Crippen LogP contribution in [-0.2, 0) is 9.59 Å². The Labute approximate surface area is 153 Å². The van der Waals surface area contributed by atoms with Crippen molar-refractivity contribution in [3.8, 4) is 0 Å². The molecule has 4 amide bonds. The summed E-state index contributed by atoms with van der Waals surface area (Å²) in [4.78, 5) is 42.7. The molecular weight excluding hydrogens is 330 g/mol. The quantitative estimate of drug-likeness (QED) is 0.783. The minimum absolute atomic E-state index is 0.0350. The molecule has 0 spiro atoms. The fraction of sp³-hybridized carbons (Fsp3) is 0.550. The van der Waals surface area contributed by atoms with Crippen LogP contribution in [0.15, 0.2) is 30.3 Å². The van der Waals surface area contributed by atoms with Crippen molar-refractivity contribution in [2.24, 2.45) is 5.92 Å². The average molecular weight is 355 g/mol. The number of carbonyl (C=O) groups is 3. The Balaban J connectivity index is 1.38. The molecule has 0 unspecified atom stereocenters. The number of benzene rings is 1. The van der Waals surface area contributed by atoms with Crippen LogP contribution in [0.4, 0.5) is 10.5 Å². The number of hydrogen-bond donors (Lipinski definition) is 0. The third kappa shape index (κ3) is 3.08. The highest BCUT2D eigenvalue weighted by molar-refractivity contribution is 6.19. The van der Waals surface area contributed by atoms with E-state index in [4.69, 9.17) is 0 Å². The van der Waals surface area contributed by atoms with Gasteiger partial charge in [0.25, 0.3) is 5.91 Å². The van der Waals surface area contributed by atoms with E-state index < -0.39 is 0 Å². The van der Waals surface area contributed by atoms with Crippen LogP contribution in [0.3, 0.4) is 0 Å². The molecule has 0 atom stereocenters. The topological polar surface area (TPSA) is 60.9 Å². The number of likely N-dealkylation sites (tertiary alicyclic amines) is 1. The Hall–Kier alpha value is -2.37. The van der Waals surface area contributed by atoms with E-state index >= 15 is 0 Å². The first-order valence-electron chi connectivity index (χ1n) is 9.62. The van der Waals surface area contributed by atoms with E-state index in [9.17, 15) is 14.4 Å². The number of rotatable bonds is 3. The largest absolute Gasteiger partial charge is 0.342 e. The van der Waals surface area contributed by atoms with Gasteiger partial charge in [-0.2, -0.15) is 0 Å². The van der Waals surface area contributed by atoms with Crippen LogP contribution in [0.25, 0.3) is 0 Å². The van der Waals surface area contributed by atoms with Crippen molar-refractivity contribution >= 4 is 23.5 Å². The number of amides is 4. The first kappa shape index (κ1) is 17.1. The lowest BCUT2D eigenvalue weighted by molar-refractivity contribution is -0.136. The molecule has 3 fully saturated rings. The molecule has 6 heteroatoms. The van der Waals surface area contributed by atoms with Crippen LogP contribution >= 0.6 is 0 Å². The molecule has 0 bridgehead atoms. The summed E-state index contributed by atoms with van der Waals surface area (Å²) < 4.78 is 0. The first-order chi connectivity index (χ1) is 12.6. The maximum atomic E-state index is 12.8. The van der Waals surface area contributed by atoms with E-state index in [-0.39, 0.29) is 36.3 Å². The Morgan fingerprint density at radius 3 is 2.23 bits per heavy atom. The van der Waals surface area contributed by atoms with Gasteiger partial charge in [-0.3, -0.25) is 9.59 Å². The van der Waals surface area contributed by atoms with E-state index in [0.717, 1.165) is 38.5 Å². The molecule has 2 saturated heterocycles. The summed E-state index contributed by atoms with van der Waals surface area (Å²) >= 11 is 0. The van der Waals surface area contributed by atoms with Gasteiger partial charge < -0.3 is 9.80 Å². The maximum absolute atomic E-state index is 12.8. The van der Waals surface area contributed by atoms with Crippen molar-refractivity contribution in [1.82, 2.24) is 9.80 Å². The van der Waals surface area contributed by atoms with Gasteiger partial charge in [0.1, 0.15) is 6.54 Å². The van der Waals surface area contributed by atoms with Crippen molar-refractivity contribution in [3.63, 3.8) is 0 Å². The molecule has 138 valence electrons. The van der Waals surface area contributed by atoms with Crippen LogP contribution in [0, 0.1) is 5.92 Å². The summed E-state index contributed by atoms with van der Waals surface area (Å²) in [6.07, 6.45) is 5.85. The van der Waals surface area contributed by atoms with E-state index in [1.807, 2.05) is 23.1 Å². The highest BCUT2D eigenvalue weighted by Gasteiger charge is 2.42. The van der Waals surface area contributed by atoms with Gasteiger partial charge in [-0.05, 0) is 37.8 Å². The molecular formula is C20H25N3O3. The minimum Gasteiger partial charge on any atom is -0.342 e. The zero-order valence-electron chi connectivity index (χ0n) is 15.0. The van der Waals surface area contributed by atoms with Crippen LogP contribution in [0.1, 0.15) is 38.5 Å². The van der Waals surface area contributed by atoms with Gasteiger partial charge in [0.2, 0.25) is 5.91 Å². The molecule has 0 radical (unpaired) electrons. The predicted molar refractivity (Wildman–Crippen MR) is 97.6 cm³/mol. The summed E-state index contributed by atoms with van der Waals surface area (Å²) in [6, 6.07) is 8.87. The number of carbonyl (C=O) groups excluding carboxylic acids is 3. The normalized spacial score (nSPS) is 22.5. The summed E-state index contributed by atoms with van der Waals surface area (Å²) in [6.45, 7) is 1.50. The van der Waals surface area contributed by atoms with Gasteiger partial charge in [-0.25, -0.2) is 9.69 Å². The second-order valence-electron chi connectivity index (χ2n) is 7.51. The maximum Gasteiger partial charge on any atom is 0.332 e. The molecule has 26 heavy (non-hydrogen) atoms. The van der Waals surface area contributed by atoms with E-state index in [0.29, 0.717) is 18.8 Å². The molecule has 1 aromatic carbocycles. The van der Waals surface area contributed by atoms with Crippen molar-refractivity contribution in [2.75, 3.05) is 24.5 Å². The lowest BCUT2D eigenvalue weighted by Gasteiger charge is -2.37. The van der Waals surface area contributed by atoms with Gasteiger partial charge in [0, 0.05) is 25.0 Å². The smallest absolute Gasteiger partial charge is 0.332 e. The van der Waals surface area contributed by atoms with Gasteiger partial charge in [-0.15, -0.1) is 0 Å². The number of piperidine rings is 1. The third-order valence-electron chi connectivity index (χ3n) is 5.93. The van der Waals surface area contributed by atoms with Gasteiger partial charge in [-0.1, -0.05) is 31.0 Å². The van der Waals surface area contributed by atoms with Gasteiger partial charge >= 0.3 is 6.03 Å². The van der Waals surface area contributed by atoms with E-state index in [1.54, 1.807) is 17.0 Å². The fourth-order valence-corrected chi connectivity index (χ4v) is 4.46. The van der Waals surface area contributed by atoms with E-state index in [2.05, 4.69) is 0 Å². The molecule has 2 aliphatic heterocycles. The molecule has 2 heterocycles. The fourth-order valence-electron chi connectivity index (χ4n) is 4.46. The van der Waals surface area contributed by atoms with Crippen LogP contribution in [0.5, 0.6) is 0 Å². The standard InChI is InChI=1S/C20H25N3O3/c24-18-14-22(20(26)23(18)17-8-2-1-3-9-17)16-10-12-21(13-11-16)19(25)15-6-4-5-7-15/h1-3,8-9,15-16H,4-7,10-14H2. The number of imide groups is 1. The first-order valence-corrected chi connectivity index (χ1v) is 9.62. The molecule has 3 aliphatic rings. The molecule has 6 nitrogen and oxygen atoms in total. The lowest BCUT2D eigenvalue weighted by atomic mass is 10.0. The molecule has 0 N–H and O–H groups in total. The van der Waals surface area contributed by atoms with Gasteiger partial charge in [0.05, 0.1) is 5.69 Å². The minimum atomic E-state index is -0.234. The van der Waals surface area contributed by atoms with Crippen LogP contribution < -0.4 is 4.90 Å². The number of hydrogen-bond acceptors (Lipinski definition) is 3. The summed E-state index contributed by atoms with van der Waals surface area (Å²) in [5, 5.41) is 0. The predicted octanol–water partition coefficient (Wildman–Crippen LogP) is 2.64. The van der Waals surface area contributed by atoms with E-state index in [1.165, 1.54) is 4.90 Å².